The molecule has 1 fully saturated rings. The van der Waals surface area contributed by atoms with Gasteiger partial charge in [0.15, 0.2) is 0 Å². The summed E-state index contributed by atoms with van der Waals surface area (Å²) in [6.07, 6.45) is 4.56. The van der Waals surface area contributed by atoms with Gasteiger partial charge in [-0.15, -0.1) is 0 Å². The van der Waals surface area contributed by atoms with E-state index in [-0.39, 0.29) is 0 Å². The smallest absolute Gasteiger partial charge is 0.128 e. The molecular formula is C16H28N4. The topological polar surface area (TPSA) is 31.4 Å². The second kappa shape index (κ2) is 7.60. The molecule has 1 aliphatic heterocycles. The van der Waals surface area contributed by atoms with Crippen LogP contribution in [0.2, 0.25) is 0 Å². The first kappa shape index (κ1) is 15.3. The fraction of sp³-hybridized carbons (Fsp3) is 0.688. The van der Waals surface area contributed by atoms with Gasteiger partial charge in [-0.2, -0.15) is 0 Å². The van der Waals surface area contributed by atoms with Crippen molar-refractivity contribution in [3.63, 3.8) is 0 Å². The van der Waals surface area contributed by atoms with Gasteiger partial charge in [0.1, 0.15) is 5.82 Å². The highest BCUT2D eigenvalue weighted by Crippen LogP contribution is 2.22. The highest BCUT2D eigenvalue weighted by Gasteiger charge is 2.20. The Morgan fingerprint density at radius 3 is 2.60 bits per heavy atom. The van der Waals surface area contributed by atoms with Crippen LogP contribution in [-0.4, -0.2) is 50.2 Å². The van der Waals surface area contributed by atoms with Crippen LogP contribution in [0.3, 0.4) is 0 Å². The Balaban J connectivity index is 1.84. The highest BCUT2D eigenvalue weighted by atomic mass is 15.2. The van der Waals surface area contributed by atoms with Gasteiger partial charge in [-0.05, 0) is 51.0 Å². The van der Waals surface area contributed by atoms with Crippen molar-refractivity contribution in [3.8, 4) is 0 Å². The Morgan fingerprint density at radius 1 is 1.30 bits per heavy atom. The van der Waals surface area contributed by atoms with Crippen molar-refractivity contribution in [1.82, 2.24) is 15.2 Å². The van der Waals surface area contributed by atoms with Crippen LogP contribution in [0.25, 0.3) is 0 Å². The van der Waals surface area contributed by atoms with E-state index < -0.39 is 0 Å². The maximum Gasteiger partial charge on any atom is 0.128 e. The molecule has 0 saturated carbocycles. The van der Waals surface area contributed by atoms with Gasteiger partial charge in [-0.1, -0.05) is 13.0 Å². The zero-order valence-corrected chi connectivity index (χ0v) is 13.1. The molecule has 0 unspecified atom stereocenters. The molecule has 1 aromatic heterocycles. The van der Waals surface area contributed by atoms with Crippen LogP contribution in [-0.2, 0) is 6.54 Å². The van der Waals surface area contributed by atoms with E-state index in [1.54, 1.807) is 0 Å². The van der Waals surface area contributed by atoms with Crippen molar-refractivity contribution in [2.75, 3.05) is 45.2 Å². The number of hydrogen-bond donors (Lipinski definition) is 1. The van der Waals surface area contributed by atoms with E-state index in [1.807, 2.05) is 6.20 Å². The third kappa shape index (κ3) is 4.46. The first-order chi connectivity index (χ1) is 9.69. The van der Waals surface area contributed by atoms with Crippen molar-refractivity contribution in [1.29, 1.82) is 0 Å². The number of nitrogens with one attached hydrogen (secondary N) is 1. The number of hydrogen-bond acceptors (Lipinski definition) is 4. The van der Waals surface area contributed by atoms with Gasteiger partial charge >= 0.3 is 0 Å². The molecular weight excluding hydrogens is 248 g/mol. The molecule has 0 amide bonds. The Hall–Kier alpha value is -1.13. The van der Waals surface area contributed by atoms with Crippen LogP contribution in [0.4, 0.5) is 5.82 Å². The fourth-order valence-electron chi connectivity index (χ4n) is 2.84. The van der Waals surface area contributed by atoms with Crippen molar-refractivity contribution in [2.24, 2.45) is 5.92 Å². The maximum absolute atomic E-state index is 4.62. The summed E-state index contributed by atoms with van der Waals surface area (Å²) in [5.41, 5.74) is 1.26. The van der Waals surface area contributed by atoms with Gasteiger partial charge in [-0.3, -0.25) is 0 Å². The summed E-state index contributed by atoms with van der Waals surface area (Å²) in [7, 11) is 4.33. The zero-order valence-electron chi connectivity index (χ0n) is 13.1. The molecule has 1 aromatic rings. The maximum atomic E-state index is 4.62. The molecule has 20 heavy (non-hydrogen) atoms. The molecule has 0 atom stereocenters. The standard InChI is InChI=1S/C16H28N4/c1-4-17-11-15-5-6-16(18-12-15)20-9-7-14(8-10-20)13-19(2)3/h5-6,12,14,17H,4,7-11,13H2,1-3H3. The number of pyridine rings is 1. The lowest BCUT2D eigenvalue weighted by molar-refractivity contribution is 0.284. The molecule has 4 heteroatoms. The van der Waals surface area contributed by atoms with Crippen LogP contribution in [0.1, 0.15) is 25.3 Å². The van der Waals surface area contributed by atoms with E-state index in [0.717, 1.165) is 37.9 Å². The van der Waals surface area contributed by atoms with E-state index >= 15 is 0 Å². The molecule has 0 spiro atoms. The molecule has 2 heterocycles. The first-order valence-electron chi connectivity index (χ1n) is 7.74. The average Bonchev–Trinajstić information content (AvgIpc) is 2.46. The number of nitrogens with zero attached hydrogens (tertiary/aromatic N) is 3. The Labute approximate surface area is 123 Å². The SMILES string of the molecule is CCNCc1ccc(N2CCC(CN(C)C)CC2)nc1. The second-order valence-corrected chi connectivity index (χ2v) is 6.00. The van der Waals surface area contributed by atoms with Crippen molar-refractivity contribution < 1.29 is 0 Å². The Bertz CT molecular complexity index is 380. The Kier molecular flexibility index (Phi) is 5.80. The monoisotopic (exact) mass is 276 g/mol. The quantitative estimate of drug-likeness (QED) is 0.861. The van der Waals surface area contributed by atoms with E-state index in [2.05, 4.69) is 53.3 Å². The summed E-state index contributed by atoms with van der Waals surface area (Å²) < 4.78 is 0. The van der Waals surface area contributed by atoms with Gasteiger partial charge in [0.2, 0.25) is 0 Å². The molecule has 112 valence electrons. The van der Waals surface area contributed by atoms with E-state index in [1.165, 1.54) is 24.9 Å². The molecule has 1 saturated heterocycles. The third-order valence-corrected chi connectivity index (χ3v) is 3.95. The Morgan fingerprint density at radius 2 is 2.05 bits per heavy atom. The first-order valence-corrected chi connectivity index (χ1v) is 7.74. The minimum Gasteiger partial charge on any atom is -0.357 e. The van der Waals surface area contributed by atoms with E-state index in [9.17, 15) is 0 Å². The van der Waals surface area contributed by atoms with Crippen LogP contribution in [0.5, 0.6) is 0 Å². The number of anilines is 1. The summed E-state index contributed by atoms with van der Waals surface area (Å²) in [6, 6.07) is 4.36. The minimum absolute atomic E-state index is 0.842. The van der Waals surface area contributed by atoms with Crippen molar-refractivity contribution in [2.45, 2.75) is 26.3 Å². The molecule has 4 nitrogen and oxygen atoms in total. The molecule has 0 radical (unpaired) electrons. The second-order valence-electron chi connectivity index (χ2n) is 6.00. The molecule has 0 aromatic carbocycles. The lowest BCUT2D eigenvalue weighted by atomic mass is 9.96. The minimum atomic E-state index is 0.842. The fourth-order valence-corrected chi connectivity index (χ4v) is 2.84. The normalized spacial score (nSPS) is 16.9. The van der Waals surface area contributed by atoms with Crippen LogP contribution < -0.4 is 10.2 Å². The molecule has 2 rings (SSSR count). The van der Waals surface area contributed by atoms with Gasteiger partial charge < -0.3 is 15.1 Å². The van der Waals surface area contributed by atoms with E-state index in [4.69, 9.17) is 0 Å². The summed E-state index contributed by atoms with van der Waals surface area (Å²) in [5.74, 6) is 1.97. The van der Waals surface area contributed by atoms with Gasteiger partial charge in [0.05, 0.1) is 0 Å². The van der Waals surface area contributed by atoms with Crippen molar-refractivity contribution in [3.05, 3.63) is 23.9 Å². The number of rotatable bonds is 6. The summed E-state index contributed by atoms with van der Waals surface area (Å²) in [4.78, 5) is 9.34. The number of piperidine rings is 1. The highest BCUT2D eigenvalue weighted by molar-refractivity contribution is 5.39. The van der Waals surface area contributed by atoms with Gasteiger partial charge in [0.25, 0.3) is 0 Å². The average molecular weight is 276 g/mol. The molecule has 1 aliphatic rings. The third-order valence-electron chi connectivity index (χ3n) is 3.95. The summed E-state index contributed by atoms with van der Waals surface area (Å²) in [6.45, 7) is 7.52. The van der Waals surface area contributed by atoms with Crippen LogP contribution in [0.15, 0.2) is 18.3 Å². The lowest BCUT2D eigenvalue weighted by Crippen LogP contribution is -2.37. The van der Waals surface area contributed by atoms with Crippen LogP contribution in [0, 0.1) is 5.92 Å². The van der Waals surface area contributed by atoms with E-state index in [0.29, 0.717) is 0 Å². The molecule has 0 aliphatic carbocycles. The largest absolute Gasteiger partial charge is 0.357 e. The molecule has 0 bridgehead atoms. The van der Waals surface area contributed by atoms with Crippen LogP contribution >= 0.6 is 0 Å². The number of aromatic nitrogens is 1. The predicted molar refractivity (Wildman–Crippen MR) is 85.1 cm³/mol. The molecule has 1 N–H and O–H groups in total. The lowest BCUT2D eigenvalue weighted by Gasteiger charge is -2.34. The van der Waals surface area contributed by atoms with Crippen molar-refractivity contribution >= 4 is 5.82 Å². The van der Waals surface area contributed by atoms with Gasteiger partial charge in [0, 0.05) is 32.4 Å². The predicted octanol–water partition coefficient (Wildman–Crippen LogP) is 1.97. The summed E-state index contributed by atoms with van der Waals surface area (Å²) in [5, 5.41) is 3.33. The van der Waals surface area contributed by atoms with Gasteiger partial charge in [-0.25, -0.2) is 4.98 Å². The summed E-state index contributed by atoms with van der Waals surface area (Å²) >= 11 is 0. The zero-order chi connectivity index (χ0) is 14.4.